The van der Waals surface area contributed by atoms with Crippen LogP contribution in [0.1, 0.15) is 20.8 Å². The van der Waals surface area contributed by atoms with Gasteiger partial charge in [-0.1, -0.05) is 20.8 Å². The molecule has 1 saturated heterocycles. The first kappa shape index (κ1) is 18.3. The van der Waals surface area contributed by atoms with Gasteiger partial charge in [0.1, 0.15) is 11.6 Å². The third-order valence-electron chi connectivity index (χ3n) is 3.77. The highest BCUT2D eigenvalue weighted by Crippen LogP contribution is 2.21. The van der Waals surface area contributed by atoms with Crippen molar-refractivity contribution >= 4 is 21.7 Å². The molecule has 0 bridgehead atoms. The van der Waals surface area contributed by atoms with Crippen molar-refractivity contribution in [2.75, 3.05) is 25.5 Å². The molecule has 7 nitrogen and oxygen atoms in total. The molecule has 1 heterocycles. The Balaban J connectivity index is 2.06. The summed E-state index contributed by atoms with van der Waals surface area (Å²) in [5, 5.41) is 9.24. The molecule has 0 aliphatic carbocycles. The number of benzene rings is 1. The molecule has 2 rings (SSSR count). The zero-order valence-corrected chi connectivity index (χ0v) is 14.8. The fourth-order valence-electron chi connectivity index (χ4n) is 2.43. The molecule has 1 N–H and O–H groups in total. The van der Waals surface area contributed by atoms with Crippen LogP contribution in [0.15, 0.2) is 29.2 Å². The van der Waals surface area contributed by atoms with E-state index in [1.807, 2.05) is 0 Å². The average molecular weight is 354 g/mol. The maximum absolute atomic E-state index is 12.4. The number of amides is 2. The first-order chi connectivity index (χ1) is 11.0. The van der Waals surface area contributed by atoms with Crippen LogP contribution in [0, 0.1) is 5.41 Å². The molecule has 1 aliphatic heterocycles. The number of piperazine rings is 1. The number of phenolic OH excluding ortho intramolecular Hbond substituents is 1. The summed E-state index contributed by atoms with van der Waals surface area (Å²) in [6, 6.07) is 5.17. The average Bonchev–Trinajstić information content (AvgIpc) is 2.48. The highest BCUT2D eigenvalue weighted by molar-refractivity contribution is 7.91. The second kappa shape index (κ2) is 6.43. The smallest absolute Gasteiger partial charge is 0.243 e. The van der Waals surface area contributed by atoms with Gasteiger partial charge in [-0.3, -0.25) is 9.59 Å². The van der Waals surface area contributed by atoms with Crippen molar-refractivity contribution in [2.45, 2.75) is 25.7 Å². The normalized spacial score (nSPS) is 16.4. The van der Waals surface area contributed by atoms with Crippen LogP contribution in [0.5, 0.6) is 5.75 Å². The predicted octanol–water partition coefficient (Wildman–Crippen LogP) is 0.840. The molecule has 0 unspecified atom stereocenters. The molecule has 0 spiro atoms. The van der Waals surface area contributed by atoms with Crippen molar-refractivity contribution in [1.29, 1.82) is 0 Å². The van der Waals surface area contributed by atoms with E-state index in [-0.39, 0.29) is 35.5 Å². The fraction of sp³-hybridized carbons (Fsp3) is 0.500. The van der Waals surface area contributed by atoms with E-state index in [0.29, 0.717) is 6.54 Å². The Labute approximate surface area is 141 Å². The minimum absolute atomic E-state index is 0.0284. The number of nitrogens with zero attached hydrogens (tertiary/aromatic N) is 2. The lowest BCUT2D eigenvalue weighted by molar-refractivity contribution is -0.149. The van der Waals surface area contributed by atoms with Gasteiger partial charge in [0.15, 0.2) is 9.84 Å². The molecule has 1 aliphatic rings. The Morgan fingerprint density at radius 3 is 2.25 bits per heavy atom. The summed E-state index contributed by atoms with van der Waals surface area (Å²) >= 11 is 0. The number of sulfone groups is 1. The molecule has 1 aromatic carbocycles. The fourth-order valence-corrected chi connectivity index (χ4v) is 3.81. The van der Waals surface area contributed by atoms with Crippen LogP contribution in [-0.2, 0) is 19.4 Å². The van der Waals surface area contributed by atoms with E-state index in [2.05, 4.69) is 0 Å². The molecule has 0 saturated carbocycles. The van der Waals surface area contributed by atoms with Crippen LogP contribution in [0.4, 0.5) is 0 Å². The summed E-state index contributed by atoms with van der Waals surface area (Å²) < 4.78 is 24.8. The molecule has 132 valence electrons. The number of aromatic hydroxyl groups is 1. The van der Waals surface area contributed by atoms with Gasteiger partial charge in [0.2, 0.25) is 11.8 Å². The summed E-state index contributed by atoms with van der Waals surface area (Å²) in [7, 11) is -3.69. The van der Waals surface area contributed by atoms with Crippen LogP contribution in [0.25, 0.3) is 0 Å². The summed E-state index contributed by atoms with van der Waals surface area (Å²) in [5.74, 6) is -0.980. The molecule has 2 amide bonds. The van der Waals surface area contributed by atoms with E-state index in [0.717, 1.165) is 0 Å². The minimum atomic E-state index is -3.69. The van der Waals surface area contributed by atoms with Gasteiger partial charge < -0.3 is 14.9 Å². The van der Waals surface area contributed by atoms with Crippen LogP contribution < -0.4 is 0 Å². The molecule has 1 fully saturated rings. The van der Waals surface area contributed by atoms with E-state index in [1.165, 1.54) is 34.1 Å². The number of carbonyl (C=O) groups is 2. The van der Waals surface area contributed by atoms with Crippen molar-refractivity contribution in [3.05, 3.63) is 24.3 Å². The van der Waals surface area contributed by atoms with Crippen molar-refractivity contribution in [3.63, 3.8) is 0 Å². The minimum Gasteiger partial charge on any atom is -0.508 e. The van der Waals surface area contributed by atoms with Gasteiger partial charge in [0.25, 0.3) is 0 Å². The van der Waals surface area contributed by atoms with Crippen LogP contribution in [0.3, 0.4) is 0 Å². The Hall–Kier alpha value is -2.09. The van der Waals surface area contributed by atoms with E-state index in [1.54, 1.807) is 20.8 Å². The third-order valence-corrected chi connectivity index (χ3v) is 5.41. The van der Waals surface area contributed by atoms with Gasteiger partial charge in [-0.25, -0.2) is 8.42 Å². The number of phenols is 1. The van der Waals surface area contributed by atoms with Gasteiger partial charge in [0.05, 0.1) is 11.4 Å². The zero-order chi connectivity index (χ0) is 18.1. The molecule has 24 heavy (non-hydrogen) atoms. The van der Waals surface area contributed by atoms with Crippen LogP contribution >= 0.6 is 0 Å². The summed E-state index contributed by atoms with van der Waals surface area (Å²) in [6.45, 7) is 5.72. The van der Waals surface area contributed by atoms with Gasteiger partial charge in [-0.05, 0) is 24.3 Å². The van der Waals surface area contributed by atoms with E-state index in [4.69, 9.17) is 0 Å². The van der Waals surface area contributed by atoms with Crippen LogP contribution in [0.2, 0.25) is 0 Å². The van der Waals surface area contributed by atoms with Crippen molar-refractivity contribution in [2.24, 2.45) is 5.41 Å². The Morgan fingerprint density at radius 2 is 1.75 bits per heavy atom. The van der Waals surface area contributed by atoms with Gasteiger partial charge in [-0.15, -0.1) is 0 Å². The van der Waals surface area contributed by atoms with Gasteiger partial charge in [-0.2, -0.15) is 0 Å². The van der Waals surface area contributed by atoms with Crippen LogP contribution in [-0.4, -0.2) is 60.6 Å². The molecule has 1 aromatic rings. The lowest BCUT2D eigenvalue weighted by atomic mass is 9.94. The summed E-state index contributed by atoms with van der Waals surface area (Å²) in [5.41, 5.74) is -0.583. The molecule has 0 aromatic heterocycles. The maximum Gasteiger partial charge on any atom is 0.243 e. The third kappa shape index (κ3) is 4.05. The molecular weight excluding hydrogens is 332 g/mol. The van der Waals surface area contributed by atoms with E-state index < -0.39 is 21.1 Å². The number of carbonyl (C=O) groups excluding carboxylic acids is 2. The van der Waals surface area contributed by atoms with Crippen molar-refractivity contribution in [3.8, 4) is 5.75 Å². The first-order valence-electron chi connectivity index (χ1n) is 7.60. The van der Waals surface area contributed by atoms with Crippen molar-refractivity contribution < 1.29 is 23.1 Å². The monoisotopic (exact) mass is 354 g/mol. The maximum atomic E-state index is 12.4. The van der Waals surface area contributed by atoms with Crippen molar-refractivity contribution in [1.82, 2.24) is 9.80 Å². The van der Waals surface area contributed by atoms with Gasteiger partial charge in [0, 0.05) is 18.5 Å². The number of rotatable bonds is 3. The molecular formula is C16H22N2O5S. The second-order valence-corrected chi connectivity index (χ2v) is 8.83. The van der Waals surface area contributed by atoms with Gasteiger partial charge >= 0.3 is 0 Å². The summed E-state index contributed by atoms with van der Waals surface area (Å²) in [6.07, 6.45) is 0. The molecule has 0 radical (unpaired) electrons. The topological polar surface area (TPSA) is 95.0 Å². The lowest BCUT2D eigenvalue weighted by Gasteiger charge is -2.36. The quantitative estimate of drug-likeness (QED) is 0.868. The highest BCUT2D eigenvalue weighted by Gasteiger charge is 2.34. The highest BCUT2D eigenvalue weighted by atomic mass is 32.2. The van der Waals surface area contributed by atoms with E-state index >= 15 is 0 Å². The molecule has 0 atom stereocenters. The number of hydrogen-bond acceptors (Lipinski definition) is 5. The largest absolute Gasteiger partial charge is 0.508 e. The standard InChI is InChI=1S/C16H22N2O5S/c1-16(2,3)15(21)17-8-9-18(14(20)10-17)11-24(22,23)13-6-4-12(19)5-7-13/h4-7,19H,8-11H2,1-3H3. The first-order valence-corrected chi connectivity index (χ1v) is 9.25. The van der Waals surface area contributed by atoms with E-state index in [9.17, 15) is 23.1 Å². The number of hydrogen-bond donors (Lipinski definition) is 1. The Kier molecular flexibility index (Phi) is 4.89. The predicted molar refractivity (Wildman–Crippen MR) is 87.9 cm³/mol. The SMILES string of the molecule is CC(C)(C)C(=O)N1CCN(CS(=O)(=O)c2ccc(O)cc2)C(=O)C1. The zero-order valence-electron chi connectivity index (χ0n) is 14.0. The Morgan fingerprint density at radius 1 is 1.17 bits per heavy atom. The lowest BCUT2D eigenvalue weighted by Crippen LogP contribution is -2.55. The Bertz CT molecular complexity index is 735. The second-order valence-electron chi connectivity index (χ2n) is 6.87. The molecule has 8 heteroatoms. The summed E-state index contributed by atoms with van der Waals surface area (Å²) in [4.78, 5) is 27.2.